The maximum absolute atomic E-state index is 12.8. The van der Waals surface area contributed by atoms with Gasteiger partial charge in [-0.05, 0) is 25.8 Å². The highest BCUT2D eigenvalue weighted by Crippen LogP contribution is 2.21. The summed E-state index contributed by atoms with van der Waals surface area (Å²) in [7, 11) is 0. The summed E-state index contributed by atoms with van der Waals surface area (Å²) in [6.07, 6.45) is 4.96. The van der Waals surface area contributed by atoms with Crippen LogP contribution in [-0.2, 0) is 6.54 Å². The van der Waals surface area contributed by atoms with Crippen LogP contribution in [0.4, 0.5) is 5.82 Å². The number of carbonyl (C=O) groups is 1. The van der Waals surface area contributed by atoms with Gasteiger partial charge in [0.15, 0.2) is 0 Å². The fraction of sp³-hybridized carbons (Fsp3) is 0.364. The smallest absolute Gasteiger partial charge is 0.254 e. The van der Waals surface area contributed by atoms with Gasteiger partial charge in [0.05, 0.1) is 41.8 Å². The third-order valence-corrected chi connectivity index (χ3v) is 5.33. The van der Waals surface area contributed by atoms with E-state index in [1.807, 2.05) is 44.2 Å². The predicted molar refractivity (Wildman–Crippen MR) is 113 cm³/mol. The summed E-state index contributed by atoms with van der Waals surface area (Å²) in [5.41, 5.74) is 3.26. The third kappa shape index (κ3) is 4.49. The first-order valence-electron chi connectivity index (χ1n) is 10.1. The van der Waals surface area contributed by atoms with Gasteiger partial charge in [-0.25, -0.2) is 4.98 Å². The minimum absolute atomic E-state index is 0.243. The molecule has 2 atom stereocenters. The van der Waals surface area contributed by atoms with Gasteiger partial charge in [-0.1, -0.05) is 30.3 Å². The van der Waals surface area contributed by atoms with E-state index in [1.165, 1.54) is 0 Å². The molecule has 0 bridgehead atoms. The van der Waals surface area contributed by atoms with E-state index in [0.717, 1.165) is 22.8 Å². The number of hydrogen-bond donors (Lipinski definition) is 2. The van der Waals surface area contributed by atoms with Gasteiger partial charge in [-0.2, -0.15) is 5.10 Å². The molecule has 2 aromatic heterocycles. The van der Waals surface area contributed by atoms with Gasteiger partial charge in [-0.15, -0.1) is 0 Å². The van der Waals surface area contributed by atoms with Crippen molar-refractivity contribution in [2.24, 2.45) is 0 Å². The highest BCUT2D eigenvalue weighted by atomic mass is 16.3. The highest BCUT2D eigenvalue weighted by Gasteiger charge is 2.31. The van der Waals surface area contributed by atoms with Crippen molar-refractivity contribution in [2.45, 2.75) is 39.0 Å². The Labute approximate surface area is 175 Å². The number of nitrogens with one attached hydrogen (secondary N) is 1. The molecule has 3 heterocycles. The van der Waals surface area contributed by atoms with Crippen molar-refractivity contribution in [1.82, 2.24) is 25.1 Å². The number of aliphatic hydroxyl groups excluding tert-OH is 1. The van der Waals surface area contributed by atoms with Gasteiger partial charge in [0.2, 0.25) is 0 Å². The number of piperidine rings is 1. The van der Waals surface area contributed by atoms with E-state index >= 15 is 0 Å². The van der Waals surface area contributed by atoms with Gasteiger partial charge in [0.1, 0.15) is 5.82 Å². The van der Waals surface area contributed by atoms with Gasteiger partial charge in [-0.3, -0.25) is 14.5 Å². The van der Waals surface area contributed by atoms with Crippen LogP contribution in [0.1, 0.15) is 33.7 Å². The fourth-order valence-corrected chi connectivity index (χ4v) is 3.69. The average Bonchev–Trinajstić information content (AvgIpc) is 3.21. The molecule has 156 valence electrons. The molecule has 1 fully saturated rings. The molecule has 3 aromatic rings. The first-order valence-corrected chi connectivity index (χ1v) is 10.1. The van der Waals surface area contributed by atoms with Crippen LogP contribution in [-0.4, -0.2) is 56.0 Å². The zero-order valence-corrected chi connectivity index (χ0v) is 17.2. The molecule has 1 aliphatic rings. The molecule has 0 unspecified atom stereocenters. The molecule has 1 amide bonds. The number of rotatable bonds is 5. The van der Waals surface area contributed by atoms with Crippen LogP contribution in [0.15, 0.2) is 48.9 Å². The maximum Gasteiger partial charge on any atom is 0.254 e. The van der Waals surface area contributed by atoms with E-state index in [9.17, 15) is 9.90 Å². The Morgan fingerprint density at radius 1 is 1.23 bits per heavy atom. The molecule has 4 rings (SSSR count). The fourth-order valence-electron chi connectivity index (χ4n) is 3.69. The number of aromatic nitrogens is 4. The number of benzene rings is 1. The number of aryl methyl sites for hydroxylation is 2. The SMILES string of the molecule is Cc1cnc(C)c(N2CC[C@H](O)[C@H](NC(=O)c3cnn(Cc4ccccc4)c3)C2)n1. The Bertz CT molecular complexity index is 1020. The van der Waals surface area contributed by atoms with Crippen molar-refractivity contribution < 1.29 is 9.90 Å². The Morgan fingerprint density at radius 2 is 2.03 bits per heavy atom. The topological polar surface area (TPSA) is 96.2 Å². The second kappa shape index (κ2) is 8.62. The van der Waals surface area contributed by atoms with Crippen LogP contribution in [0.25, 0.3) is 0 Å². The van der Waals surface area contributed by atoms with Crippen molar-refractivity contribution in [2.75, 3.05) is 18.0 Å². The lowest BCUT2D eigenvalue weighted by molar-refractivity contribution is 0.0785. The third-order valence-electron chi connectivity index (χ3n) is 5.33. The van der Waals surface area contributed by atoms with Gasteiger partial charge in [0, 0.05) is 25.5 Å². The van der Waals surface area contributed by atoms with Crippen LogP contribution in [0, 0.1) is 13.8 Å². The standard InChI is InChI=1S/C22H26N6O2/c1-15-10-23-16(2)21(25-15)27-9-8-20(29)19(14-27)26-22(30)18-11-24-28(13-18)12-17-6-4-3-5-7-17/h3-7,10-11,13,19-20,29H,8-9,12,14H2,1-2H3,(H,26,30)/t19-,20+/m1/s1. The Morgan fingerprint density at radius 3 is 2.83 bits per heavy atom. The summed E-state index contributed by atoms with van der Waals surface area (Å²) in [5.74, 6) is 0.559. The van der Waals surface area contributed by atoms with Crippen molar-refractivity contribution >= 4 is 11.7 Å². The number of aliphatic hydroxyl groups is 1. The molecule has 30 heavy (non-hydrogen) atoms. The molecular formula is C22H26N6O2. The van der Waals surface area contributed by atoms with Crippen LogP contribution in [0.5, 0.6) is 0 Å². The zero-order chi connectivity index (χ0) is 21.1. The zero-order valence-electron chi connectivity index (χ0n) is 17.2. The second-order valence-electron chi connectivity index (χ2n) is 7.71. The minimum atomic E-state index is -0.609. The highest BCUT2D eigenvalue weighted by molar-refractivity contribution is 5.94. The summed E-state index contributed by atoms with van der Waals surface area (Å²) in [6.45, 7) is 5.56. The molecule has 0 spiro atoms. The van der Waals surface area contributed by atoms with Gasteiger partial charge >= 0.3 is 0 Å². The predicted octanol–water partition coefficient (Wildman–Crippen LogP) is 1.71. The summed E-state index contributed by atoms with van der Waals surface area (Å²) >= 11 is 0. The van der Waals surface area contributed by atoms with E-state index in [4.69, 9.17) is 0 Å². The summed E-state index contributed by atoms with van der Waals surface area (Å²) in [6, 6.07) is 9.56. The van der Waals surface area contributed by atoms with Crippen LogP contribution in [0.2, 0.25) is 0 Å². The molecule has 1 saturated heterocycles. The molecule has 0 aliphatic carbocycles. The van der Waals surface area contributed by atoms with Crippen LogP contribution < -0.4 is 10.2 Å². The second-order valence-corrected chi connectivity index (χ2v) is 7.71. The van der Waals surface area contributed by atoms with Gasteiger partial charge in [0.25, 0.3) is 5.91 Å². The van der Waals surface area contributed by atoms with E-state index in [0.29, 0.717) is 31.6 Å². The van der Waals surface area contributed by atoms with Crippen molar-refractivity contribution in [3.05, 3.63) is 71.4 Å². The van der Waals surface area contributed by atoms with E-state index in [1.54, 1.807) is 23.3 Å². The lowest BCUT2D eigenvalue weighted by atomic mass is 10.0. The van der Waals surface area contributed by atoms with E-state index < -0.39 is 12.1 Å². The molecule has 1 aromatic carbocycles. The summed E-state index contributed by atoms with van der Waals surface area (Å²) < 4.78 is 1.74. The maximum atomic E-state index is 12.8. The summed E-state index contributed by atoms with van der Waals surface area (Å²) in [5, 5.41) is 17.7. The number of nitrogens with zero attached hydrogens (tertiary/aromatic N) is 5. The normalized spacial score (nSPS) is 19.0. The number of hydrogen-bond acceptors (Lipinski definition) is 6. The quantitative estimate of drug-likeness (QED) is 0.670. The van der Waals surface area contributed by atoms with Crippen LogP contribution in [0.3, 0.4) is 0 Å². The molecule has 0 saturated carbocycles. The Balaban J connectivity index is 1.42. The Kier molecular flexibility index (Phi) is 5.76. The van der Waals surface area contributed by atoms with Gasteiger partial charge < -0.3 is 15.3 Å². The Hall–Kier alpha value is -3.26. The minimum Gasteiger partial charge on any atom is -0.391 e. The molecule has 8 nitrogen and oxygen atoms in total. The molecule has 2 N–H and O–H groups in total. The molecule has 8 heteroatoms. The summed E-state index contributed by atoms with van der Waals surface area (Å²) in [4.78, 5) is 23.8. The number of carbonyl (C=O) groups excluding carboxylic acids is 1. The number of amides is 1. The van der Waals surface area contributed by atoms with Crippen LogP contribution >= 0.6 is 0 Å². The van der Waals surface area contributed by atoms with E-state index in [-0.39, 0.29) is 5.91 Å². The number of anilines is 1. The van der Waals surface area contributed by atoms with Crippen molar-refractivity contribution in [3.8, 4) is 0 Å². The molecule has 1 aliphatic heterocycles. The van der Waals surface area contributed by atoms with Crippen molar-refractivity contribution in [3.63, 3.8) is 0 Å². The monoisotopic (exact) mass is 406 g/mol. The first-order chi connectivity index (χ1) is 14.5. The lowest BCUT2D eigenvalue weighted by Gasteiger charge is -2.37. The van der Waals surface area contributed by atoms with E-state index in [2.05, 4.69) is 25.3 Å². The lowest BCUT2D eigenvalue weighted by Crippen LogP contribution is -2.55. The first kappa shape index (κ1) is 20.0. The van der Waals surface area contributed by atoms with Crippen molar-refractivity contribution in [1.29, 1.82) is 0 Å². The largest absolute Gasteiger partial charge is 0.391 e. The average molecular weight is 406 g/mol. The molecule has 0 radical (unpaired) electrons. The molecular weight excluding hydrogens is 380 g/mol.